The molecule has 2 nitrogen and oxygen atoms in total. The van der Waals surface area contributed by atoms with Gasteiger partial charge in [-0.3, -0.25) is 0 Å². The van der Waals surface area contributed by atoms with E-state index in [-0.39, 0.29) is 0 Å². The van der Waals surface area contributed by atoms with E-state index < -0.39 is 5.60 Å². The predicted molar refractivity (Wildman–Crippen MR) is 73.8 cm³/mol. The topological polar surface area (TPSA) is 23.5 Å². The van der Waals surface area contributed by atoms with Gasteiger partial charge < -0.3 is 10.0 Å². The lowest BCUT2D eigenvalue weighted by molar-refractivity contribution is -0.0118. The highest BCUT2D eigenvalue weighted by Gasteiger charge is 2.29. The maximum atomic E-state index is 9.78. The normalized spacial score (nSPS) is 18.0. The van der Waals surface area contributed by atoms with Crippen LogP contribution in [0.2, 0.25) is 0 Å². The third kappa shape index (κ3) is 7.24. The predicted octanol–water partition coefficient (Wildman–Crippen LogP) is 3.54. The van der Waals surface area contributed by atoms with Gasteiger partial charge in [-0.25, -0.2) is 0 Å². The fraction of sp³-hybridized carbons (Fsp3) is 1.00. The third-order valence-electron chi connectivity index (χ3n) is 3.03. The molecule has 1 rings (SSSR count). The maximum absolute atomic E-state index is 9.78. The van der Waals surface area contributed by atoms with E-state index >= 15 is 0 Å². The summed E-state index contributed by atoms with van der Waals surface area (Å²) in [4.78, 5) is 2.45. The van der Waals surface area contributed by atoms with E-state index in [4.69, 9.17) is 0 Å². The Morgan fingerprint density at radius 2 is 1.44 bits per heavy atom. The Bertz CT molecular complexity index is 132. The molecule has 0 spiro atoms. The van der Waals surface area contributed by atoms with E-state index in [1.807, 2.05) is 41.5 Å². The zero-order valence-electron chi connectivity index (χ0n) is 12.5. The van der Waals surface area contributed by atoms with Crippen LogP contribution in [-0.4, -0.2) is 35.2 Å². The van der Waals surface area contributed by atoms with Gasteiger partial charge in [-0.05, 0) is 52.2 Å². The van der Waals surface area contributed by atoms with E-state index in [1.165, 1.54) is 0 Å². The summed E-state index contributed by atoms with van der Waals surface area (Å²) >= 11 is 0. The van der Waals surface area contributed by atoms with Crippen LogP contribution < -0.4 is 0 Å². The first-order valence-corrected chi connectivity index (χ1v) is 6.98. The third-order valence-corrected chi connectivity index (χ3v) is 3.03. The maximum Gasteiger partial charge on any atom is 0.0620 e. The molecule has 0 aliphatic carbocycles. The molecule has 0 atom stereocenters. The molecular weight excluding hydrogens is 198 g/mol. The van der Waals surface area contributed by atoms with Crippen LogP contribution in [0, 0.1) is 5.92 Å². The fourth-order valence-electron chi connectivity index (χ4n) is 1.96. The number of hydrogen-bond acceptors (Lipinski definition) is 2. The first-order valence-electron chi connectivity index (χ1n) is 6.98. The van der Waals surface area contributed by atoms with Crippen LogP contribution in [0.3, 0.4) is 0 Å². The van der Waals surface area contributed by atoms with Crippen LogP contribution in [0.1, 0.15) is 61.3 Å². The summed E-state index contributed by atoms with van der Waals surface area (Å²) in [7, 11) is 0. The van der Waals surface area contributed by atoms with Crippen LogP contribution in [-0.2, 0) is 0 Å². The Balaban J connectivity index is 0. The first kappa shape index (κ1) is 18.3. The van der Waals surface area contributed by atoms with Crippen LogP contribution in [0.4, 0.5) is 0 Å². The van der Waals surface area contributed by atoms with Crippen molar-refractivity contribution in [3.8, 4) is 0 Å². The molecule has 1 heterocycles. The molecule has 100 valence electrons. The smallest absolute Gasteiger partial charge is 0.0620 e. The fourth-order valence-corrected chi connectivity index (χ4v) is 1.96. The summed E-state index contributed by atoms with van der Waals surface area (Å²) in [6.45, 7) is 17.5. The highest BCUT2D eigenvalue weighted by molar-refractivity contribution is 4.82. The average molecular weight is 231 g/mol. The minimum atomic E-state index is -0.472. The second-order valence-corrected chi connectivity index (χ2v) is 4.36. The van der Waals surface area contributed by atoms with Crippen molar-refractivity contribution >= 4 is 0 Å². The molecule has 0 unspecified atom stereocenters. The minimum Gasteiger partial charge on any atom is -0.390 e. The van der Waals surface area contributed by atoms with E-state index in [0.29, 0.717) is 5.92 Å². The van der Waals surface area contributed by atoms with Gasteiger partial charge in [0, 0.05) is 0 Å². The van der Waals surface area contributed by atoms with E-state index in [0.717, 1.165) is 32.5 Å². The van der Waals surface area contributed by atoms with Gasteiger partial charge in [0.05, 0.1) is 5.60 Å². The summed E-state index contributed by atoms with van der Waals surface area (Å²) < 4.78 is 0. The second-order valence-electron chi connectivity index (χ2n) is 4.36. The van der Waals surface area contributed by atoms with E-state index in [2.05, 4.69) is 11.8 Å². The van der Waals surface area contributed by atoms with Gasteiger partial charge in [0.15, 0.2) is 0 Å². The van der Waals surface area contributed by atoms with Crippen molar-refractivity contribution in [1.82, 2.24) is 4.90 Å². The summed E-state index contributed by atoms with van der Waals surface area (Å²) in [6, 6.07) is 0. The quantitative estimate of drug-likeness (QED) is 0.786. The lowest BCUT2D eigenvalue weighted by Crippen LogP contribution is -2.41. The van der Waals surface area contributed by atoms with Gasteiger partial charge in [0.25, 0.3) is 0 Å². The standard InChI is InChI=1S/C10H21NO.2C2H6/c1-4-11-7-5-9(6-8-11)10(2,3)12;2*1-2/h9,12H,4-8H2,1-3H3;2*1-2H3. The highest BCUT2D eigenvalue weighted by atomic mass is 16.3. The Hall–Kier alpha value is -0.0800. The second kappa shape index (κ2) is 10.1. The SMILES string of the molecule is CC.CC.CCN1CCC(C(C)(C)O)CC1. The lowest BCUT2D eigenvalue weighted by Gasteiger charge is -2.37. The van der Waals surface area contributed by atoms with Crippen molar-refractivity contribution in [3.05, 3.63) is 0 Å². The number of rotatable bonds is 2. The van der Waals surface area contributed by atoms with E-state index in [9.17, 15) is 5.11 Å². The Morgan fingerprint density at radius 3 is 1.69 bits per heavy atom. The zero-order chi connectivity index (χ0) is 13.2. The van der Waals surface area contributed by atoms with Gasteiger partial charge >= 0.3 is 0 Å². The molecule has 0 aromatic heterocycles. The zero-order valence-corrected chi connectivity index (χ0v) is 12.5. The van der Waals surface area contributed by atoms with Gasteiger partial charge in [-0.1, -0.05) is 34.6 Å². The molecule has 1 N–H and O–H groups in total. The van der Waals surface area contributed by atoms with Crippen LogP contribution in [0.25, 0.3) is 0 Å². The largest absolute Gasteiger partial charge is 0.390 e. The van der Waals surface area contributed by atoms with E-state index in [1.54, 1.807) is 0 Å². The minimum absolute atomic E-state index is 0.472. The van der Waals surface area contributed by atoms with Crippen molar-refractivity contribution in [2.24, 2.45) is 5.92 Å². The Labute approximate surface area is 103 Å². The molecule has 1 saturated heterocycles. The molecular formula is C14H33NO. The molecule has 0 aromatic carbocycles. The number of aliphatic hydroxyl groups is 1. The first-order chi connectivity index (χ1) is 7.54. The number of nitrogens with zero attached hydrogens (tertiary/aromatic N) is 1. The molecule has 1 fully saturated rings. The molecule has 0 radical (unpaired) electrons. The van der Waals surface area contributed by atoms with Crippen molar-refractivity contribution < 1.29 is 5.11 Å². The molecule has 16 heavy (non-hydrogen) atoms. The van der Waals surface area contributed by atoms with Crippen LogP contribution in [0.15, 0.2) is 0 Å². The monoisotopic (exact) mass is 231 g/mol. The highest BCUT2D eigenvalue weighted by Crippen LogP contribution is 2.27. The van der Waals surface area contributed by atoms with Crippen LogP contribution in [0.5, 0.6) is 0 Å². The lowest BCUT2D eigenvalue weighted by atomic mass is 9.83. The number of hydrogen-bond donors (Lipinski definition) is 1. The van der Waals surface area contributed by atoms with Gasteiger partial charge in [0.1, 0.15) is 0 Å². The van der Waals surface area contributed by atoms with Crippen LogP contribution >= 0.6 is 0 Å². The molecule has 0 bridgehead atoms. The van der Waals surface area contributed by atoms with Crippen molar-refractivity contribution in [3.63, 3.8) is 0 Å². The molecule has 1 aliphatic rings. The number of piperidine rings is 1. The average Bonchev–Trinajstić information content (AvgIpc) is 2.33. The van der Waals surface area contributed by atoms with Crippen molar-refractivity contribution in [2.45, 2.75) is 66.9 Å². The van der Waals surface area contributed by atoms with Gasteiger partial charge in [0.2, 0.25) is 0 Å². The Morgan fingerprint density at radius 1 is 1.06 bits per heavy atom. The number of likely N-dealkylation sites (tertiary alicyclic amines) is 1. The van der Waals surface area contributed by atoms with Gasteiger partial charge in [-0.2, -0.15) is 0 Å². The molecule has 0 saturated carbocycles. The Kier molecular flexibility index (Phi) is 11.5. The molecule has 0 aromatic rings. The van der Waals surface area contributed by atoms with Crippen molar-refractivity contribution in [1.29, 1.82) is 0 Å². The summed E-state index contributed by atoms with van der Waals surface area (Å²) in [5.41, 5.74) is -0.472. The molecule has 1 aliphatic heterocycles. The summed E-state index contributed by atoms with van der Waals surface area (Å²) in [6.07, 6.45) is 2.30. The summed E-state index contributed by atoms with van der Waals surface area (Å²) in [5.74, 6) is 0.500. The molecule has 0 amide bonds. The van der Waals surface area contributed by atoms with Crippen molar-refractivity contribution in [2.75, 3.05) is 19.6 Å². The summed E-state index contributed by atoms with van der Waals surface area (Å²) in [5, 5.41) is 9.78. The van der Waals surface area contributed by atoms with Gasteiger partial charge in [-0.15, -0.1) is 0 Å². The molecule has 2 heteroatoms.